The number of carboxylic acid groups (broad SMARTS) is 1. The molecule has 4 N–H and O–H groups in total. The van der Waals surface area contributed by atoms with Gasteiger partial charge in [-0.2, -0.15) is 0 Å². The van der Waals surface area contributed by atoms with Gasteiger partial charge in [0.1, 0.15) is 0 Å². The van der Waals surface area contributed by atoms with Crippen molar-refractivity contribution in [3.8, 4) is 0 Å². The Labute approximate surface area is 151 Å². The van der Waals surface area contributed by atoms with Crippen molar-refractivity contribution in [3.05, 3.63) is 12.2 Å². The van der Waals surface area contributed by atoms with Crippen LogP contribution in [0.1, 0.15) is 77.6 Å². The number of aliphatic hydroxyl groups is 3. The average Bonchev–Trinajstić information content (AvgIpc) is 2.82. The lowest BCUT2D eigenvalue weighted by Crippen LogP contribution is -2.21. The molecule has 0 bridgehead atoms. The monoisotopic (exact) mass is 356 g/mol. The van der Waals surface area contributed by atoms with E-state index in [9.17, 15) is 20.1 Å². The molecule has 0 amide bonds. The van der Waals surface area contributed by atoms with E-state index in [4.69, 9.17) is 5.11 Å². The van der Waals surface area contributed by atoms with Crippen molar-refractivity contribution in [2.75, 3.05) is 0 Å². The van der Waals surface area contributed by atoms with E-state index in [0.717, 1.165) is 51.4 Å². The summed E-state index contributed by atoms with van der Waals surface area (Å²) in [5.74, 6) is -0.833. The van der Waals surface area contributed by atoms with E-state index < -0.39 is 24.3 Å². The Balaban J connectivity index is 2.38. The Morgan fingerprint density at radius 1 is 1.08 bits per heavy atom. The molecule has 0 aromatic heterocycles. The second-order valence-electron chi connectivity index (χ2n) is 7.41. The number of carboxylic acids is 1. The molecule has 0 aromatic rings. The van der Waals surface area contributed by atoms with Crippen molar-refractivity contribution in [3.63, 3.8) is 0 Å². The van der Waals surface area contributed by atoms with E-state index in [1.165, 1.54) is 0 Å². The second-order valence-corrected chi connectivity index (χ2v) is 7.41. The summed E-state index contributed by atoms with van der Waals surface area (Å²) in [7, 11) is 0. The van der Waals surface area contributed by atoms with Crippen molar-refractivity contribution < 1.29 is 25.2 Å². The van der Waals surface area contributed by atoms with Crippen molar-refractivity contribution >= 4 is 5.97 Å². The fourth-order valence-electron chi connectivity index (χ4n) is 3.74. The third kappa shape index (κ3) is 8.84. The van der Waals surface area contributed by atoms with Crippen molar-refractivity contribution in [2.24, 2.45) is 11.8 Å². The zero-order valence-corrected chi connectivity index (χ0v) is 15.5. The fourth-order valence-corrected chi connectivity index (χ4v) is 3.74. The van der Waals surface area contributed by atoms with Crippen LogP contribution in [-0.4, -0.2) is 44.7 Å². The first-order valence-electron chi connectivity index (χ1n) is 9.90. The van der Waals surface area contributed by atoms with Gasteiger partial charge in [0.2, 0.25) is 0 Å². The maximum Gasteiger partial charge on any atom is 0.303 e. The molecule has 1 aliphatic rings. The molecule has 0 saturated heterocycles. The summed E-state index contributed by atoms with van der Waals surface area (Å²) in [6.07, 6.45) is 11.0. The first kappa shape index (κ1) is 22.1. The van der Waals surface area contributed by atoms with E-state index in [1.807, 2.05) is 6.08 Å². The molecule has 1 aliphatic carbocycles. The first-order chi connectivity index (χ1) is 12.0. The molecular formula is C20H36O5. The number of rotatable bonds is 13. The zero-order chi connectivity index (χ0) is 18.7. The van der Waals surface area contributed by atoms with Crippen molar-refractivity contribution in [1.29, 1.82) is 0 Å². The van der Waals surface area contributed by atoms with Gasteiger partial charge in [-0.3, -0.25) is 4.79 Å². The number of hydrogen-bond donors (Lipinski definition) is 4. The molecule has 0 spiro atoms. The maximum absolute atomic E-state index is 10.5. The molecule has 0 heterocycles. The van der Waals surface area contributed by atoms with Crippen LogP contribution in [0.2, 0.25) is 0 Å². The first-order valence-corrected chi connectivity index (χ1v) is 9.90. The summed E-state index contributed by atoms with van der Waals surface area (Å²) in [6.45, 7) is 2.13. The van der Waals surface area contributed by atoms with E-state index in [2.05, 4.69) is 6.92 Å². The number of aliphatic carboxylic acids is 1. The molecule has 0 aromatic carbocycles. The zero-order valence-electron chi connectivity index (χ0n) is 15.5. The van der Waals surface area contributed by atoms with Gasteiger partial charge in [-0.1, -0.05) is 57.6 Å². The maximum atomic E-state index is 10.5. The van der Waals surface area contributed by atoms with Crippen LogP contribution < -0.4 is 0 Å². The van der Waals surface area contributed by atoms with Gasteiger partial charge in [-0.05, 0) is 25.2 Å². The third-order valence-electron chi connectivity index (χ3n) is 5.25. The van der Waals surface area contributed by atoms with Crippen LogP contribution in [0, 0.1) is 11.8 Å². The van der Waals surface area contributed by atoms with Crippen LogP contribution in [0.4, 0.5) is 0 Å². The predicted octanol–water partition coefficient (Wildman–Crippen LogP) is 3.27. The highest BCUT2D eigenvalue weighted by molar-refractivity contribution is 5.66. The molecule has 1 fully saturated rings. The summed E-state index contributed by atoms with van der Waals surface area (Å²) >= 11 is 0. The molecule has 5 nitrogen and oxygen atoms in total. The van der Waals surface area contributed by atoms with Crippen LogP contribution in [-0.2, 0) is 4.79 Å². The molecular weight excluding hydrogens is 320 g/mol. The standard InChI is InChI=1S/C20H36O5/c1-2-3-6-9-15(21)12-13-17-16(18(22)14-19(17)23)10-7-4-5-8-11-20(24)25/h12-13,15-19,21-23H,2-11,14H2,1H3,(H,24,25)/b13-12+/t15-,16+,17-,18-,19+/m0/s1. The van der Waals surface area contributed by atoms with Gasteiger partial charge in [0.15, 0.2) is 0 Å². The average molecular weight is 357 g/mol. The van der Waals surface area contributed by atoms with Gasteiger partial charge < -0.3 is 20.4 Å². The van der Waals surface area contributed by atoms with Crippen LogP contribution in [0.25, 0.3) is 0 Å². The normalized spacial score (nSPS) is 27.8. The van der Waals surface area contributed by atoms with Crippen LogP contribution in [0.3, 0.4) is 0 Å². The molecule has 5 atom stereocenters. The molecule has 0 radical (unpaired) electrons. The molecule has 146 valence electrons. The van der Waals surface area contributed by atoms with Gasteiger partial charge in [0, 0.05) is 18.8 Å². The van der Waals surface area contributed by atoms with E-state index in [-0.39, 0.29) is 18.3 Å². The third-order valence-corrected chi connectivity index (χ3v) is 5.25. The smallest absolute Gasteiger partial charge is 0.303 e. The Morgan fingerprint density at radius 2 is 1.80 bits per heavy atom. The number of unbranched alkanes of at least 4 members (excludes halogenated alkanes) is 5. The van der Waals surface area contributed by atoms with E-state index in [1.54, 1.807) is 6.08 Å². The highest BCUT2D eigenvalue weighted by Gasteiger charge is 2.39. The Morgan fingerprint density at radius 3 is 2.48 bits per heavy atom. The lowest BCUT2D eigenvalue weighted by atomic mass is 9.88. The second kappa shape index (κ2) is 12.4. The molecule has 0 unspecified atom stereocenters. The van der Waals surface area contributed by atoms with Crippen LogP contribution in [0.15, 0.2) is 12.2 Å². The molecule has 0 aliphatic heterocycles. The van der Waals surface area contributed by atoms with Crippen LogP contribution >= 0.6 is 0 Å². The summed E-state index contributed by atoms with van der Waals surface area (Å²) in [4.78, 5) is 10.5. The SMILES string of the molecule is CCCCC[C@H](O)/C=C/[C@H]1[C@@H](CCCCCCC(=O)O)[C@@H](O)C[C@H]1O. The van der Waals surface area contributed by atoms with E-state index in [0.29, 0.717) is 12.8 Å². The predicted molar refractivity (Wildman–Crippen MR) is 98.2 cm³/mol. The van der Waals surface area contributed by atoms with Gasteiger partial charge in [0.25, 0.3) is 0 Å². The minimum absolute atomic E-state index is 0.0218. The quantitative estimate of drug-likeness (QED) is 0.300. The Hall–Kier alpha value is -0.910. The topological polar surface area (TPSA) is 98.0 Å². The number of carbonyl (C=O) groups is 1. The number of hydrogen-bond acceptors (Lipinski definition) is 4. The minimum Gasteiger partial charge on any atom is -0.481 e. The van der Waals surface area contributed by atoms with E-state index >= 15 is 0 Å². The lowest BCUT2D eigenvalue weighted by molar-refractivity contribution is -0.137. The van der Waals surface area contributed by atoms with Crippen LogP contribution in [0.5, 0.6) is 0 Å². The van der Waals surface area contributed by atoms with Crippen molar-refractivity contribution in [2.45, 2.75) is 95.9 Å². The summed E-state index contributed by atoms with van der Waals surface area (Å²) in [5.41, 5.74) is 0. The lowest BCUT2D eigenvalue weighted by Gasteiger charge is -2.21. The van der Waals surface area contributed by atoms with Gasteiger partial charge in [0.05, 0.1) is 18.3 Å². The van der Waals surface area contributed by atoms with Gasteiger partial charge in [-0.15, -0.1) is 0 Å². The summed E-state index contributed by atoms with van der Waals surface area (Å²) in [6, 6.07) is 0. The molecule has 5 heteroatoms. The largest absolute Gasteiger partial charge is 0.481 e. The summed E-state index contributed by atoms with van der Waals surface area (Å²) < 4.78 is 0. The molecule has 1 rings (SSSR count). The minimum atomic E-state index is -0.753. The molecule has 1 saturated carbocycles. The van der Waals surface area contributed by atoms with Gasteiger partial charge in [-0.25, -0.2) is 0 Å². The van der Waals surface area contributed by atoms with Gasteiger partial charge >= 0.3 is 5.97 Å². The number of aliphatic hydroxyl groups excluding tert-OH is 3. The fraction of sp³-hybridized carbons (Fsp3) is 0.850. The Kier molecular flexibility index (Phi) is 11.0. The highest BCUT2D eigenvalue weighted by Crippen LogP contribution is 2.37. The Bertz CT molecular complexity index is 396. The highest BCUT2D eigenvalue weighted by atomic mass is 16.4. The summed E-state index contributed by atoms with van der Waals surface area (Å²) in [5, 5.41) is 39.0. The molecule has 25 heavy (non-hydrogen) atoms. The van der Waals surface area contributed by atoms with Crippen molar-refractivity contribution in [1.82, 2.24) is 0 Å².